The summed E-state index contributed by atoms with van der Waals surface area (Å²) in [6.45, 7) is 2.51. The number of rotatable bonds is 5. The predicted molar refractivity (Wildman–Crippen MR) is 84.4 cm³/mol. The van der Waals surface area contributed by atoms with Crippen molar-refractivity contribution >= 4 is 28.7 Å². The third kappa shape index (κ3) is 3.59. The number of aryl methyl sites for hydroxylation is 1. The van der Waals surface area contributed by atoms with Gasteiger partial charge >= 0.3 is 6.03 Å². The maximum absolute atomic E-state index is 12.4. The molecule has 0 aromatic carbocycles. The van der Waals surface area contributed by atoms with Crippen molar-refractivity contribution in [1.82, 2.24) is 20.2 Å². The largest absolute Gasteiger partial charge is 0.328 e. The van der Waals surface area contributed by atoms with E-state index in [-0.39, 0.29) is 12.1 Å². The van der Waals surface area contributed by atoms with E-state index in [2.05, 4.69) is 15.3 Å². The summed E-state index contributed by atoms with van der Waals surface area (Å²) in [5, 5.41) is 9.10. The summed E-state index contributed by atoms with van der Waals surface area (Å²) in [4.78, 5) is 22.8. The number of nitrogens with one attached hydrogen (secondary N) is 1. The van der Waals surface area contributed by atoms with E-state index in [9.17, 15) is 4.79 Å². The molecular formula is C14H18N4OS2. The zero-order chi connectivity index (χ0) is 14.8. The summed E-state index contributed by atoms with van der Waals surface area (Å²) in [5.74, 6) is 0.537. The lowest BCUT2D eigenvalue weighted by molar-refractivity contribution is 0.200. The molecular weight excluding hydrogens is 304 g/mol. The fourth-order valence-corrected chi connectivity index (χ4v) is 3.62. The minimum Gasteiger partial charge on any atom is -0.328 e. The summed E-state index contributed by atoms with van der Waals surface area (Å²) in [6.07, 6.45) is 4.13. The van der Waals surface area contributed by atoms with Crippen LogP contribution in [0.5, 0.6) is 0 Å². The van der Waals surface area contributed by atoms with Gasteiger partial charge in [-0.05, 0) is 25.7 Å². The van der Waals surface area contributed by atoms with Crippen LogP contribution in [0.2, 0.25) is 0 Å². The molecule has 2 aromatic heterocycles. The molecule has 0 spiro atoms. The number of hydrogen-bond acceptors (Lipinski definition) is 5. The number of urea groups is 1. The zero-order valence-electron chi connectivity index (χ0n) is 12.1. The molecule has 112 valence electrons. The zero-order valence-corrected chi connectivity index (χ0v) is 13.7. The first-order valence-corrected chi connectivity index (χ1v) is 8.71. The van der Waals surface area contributed by atoms with Crippen LogP contribution in [0.4, 0.5) is 4.79 Å². The van der Waals surface area contributed by atoms with Crippen LogP contribution in [0, 0.1) is 12.8 Å². The van der Waals surface area contributed by atoms with Gasteiger partial charge in [0.2, 0.25) is 0 Å². The van der Waals surface area contributed by atoms with Crippen LogP contribution in [0.1, 0.15) is 34.6 Å². The van der Waals surface area contributed by atoms with Crippen molar-refractivity contribution in [3.05, 3.63) is 32.7 Å². The fraction of sp³-hybridized carbons (Fsp3) is 0.500. The first-order valence-electron chi connectivity index (χ1n) is 6.95. The Hall–Kier alpha value is -1.47. The number of carbonyl (C=O) groups excluding carboxylic acids is 1. The van der Waals surface area contributed by atoms with Crippen molar-refractivity contribution in [3.63, 3.8) is 0 Å². The number of hydrogen-bond donors (Lipinski definition) is 1. The van der Waals surface area contributed by atoms with Crippen molar-refractivity contribution in [2.24, 2.45) is 5.92 Å². The van der Waals surface area contributed by atoms with Gasteiger partial charge in [0.25, 0.3) is 0 Å². The number of nitrogens with zero attached hydrogens (tertiary/aromatic N) is 3. The molecule has 1 fully saturated rings. The number of aromatic nitrogens is 2. The van der Waals surface area contributed by atoms with Crippen LogP contribution < -0.4 is 5.32 Å². The lowest BCUT2D eigenvalue weighted by atomic mass is 10.2. The molecule has 2 heterocycles. The molecule has 1 aliphatic carbocycles. The van der Waals surface area contributed by atoms with Gasteiger partial charge in [-0.2, -0.15) is 0 Å². The summed E-state index contributed by atoms with van der Waals surface area (Å²) < 4.78 is 0. The Morgan fingerprint density at radius 2 is 2.33 bits per heavy atom. The first kappa shape index (κ1) is 14.5. The minimum atomic E-state index is -0.0623. The molecule has 2 aromatic rings. The molecule has 2 amide bonds. The molecule has 0 aliphatic heterocycles. The third-order valence-electron chi connectivity index (χ3n) is 3.50. The molecule has 0 bridgehead atoms. The number of amides is 2. The Balaban J connectivity index is 1.61. The highest BCUT2D eigenvalue weighted by atomic mass is 32.1. The summed E-state index contributed by atoms with van der Waals surface area (Å²) >= 11 is 3.21. The Kier molecular flexibility index (Phi) is 4.21. The van der Waals surface area contributed by atoms with E-state index in [1.165, 1.54) is 12.8 Å². The molecule has 7 heteroatoms. The Labute approximate surface area is 132 Å². The molecule has 1 saturated carbocycles. The highest BCUT2D eigenvalue weighted by molar-refractivity contribution is 7.09. The molecule has 1 unspecified atom stereocenters. The second-order valence-corrected chi connectivity index (χ2v) is 7.34. The van der Waals surface area contributed by atoms with Gasteiger partial charge in [0.1, 0.15) is 5.01 Å². The standard InChI is InChI=1S/C14H18N4OS2/c1-9-16-11(8-21-9)7-18(2)14(19)17-12(10-3-4-10)13-15-5-6-20-13/h5-6,8,10,12H,3-4,7H2,1-2H3,(H,17,19). The van der Waals surface area contributed by atoms with E-state index in [4.69, 9.17) is 0 Å². The van der Waals surface area contributed by atoms with Crippen molar-refractivity contribution in [2.75, 3.05) is 7.05 Å². The van der Waals surface area contributed by atoms with Gasteiger partial charge in [-0.1, -0.05) is 0 Å². The fourth-order valence-electron chi connectivity index (χ4n) is 2.24. The predicted octanol–water partition coefficient (Wildman–Crippen LogP) is 3.20. The molecule has 3 rings (SSSR count). The van der Waals surface area contributed by atoms with Gasteiger partial charge in [-0.15, -0.1) is 22.7 Å². The van der Waals surface area contributed by atoms with Crippen LogP contribution in [0.15, 0.2) is 17.0 Å². The van der Waals surface area contributed by atoms with Crippen molar-refractivity contribution in [3.8, 4) is 0 Å². The van der Waals surface area contributed by atoms with Gasteiger partial charge < -0.3 is 10.2 Å². The quantitative estimate of drug-likeness (QED) is 0.919. The number of carbonyl (C=O) groups is 1. The first-order chi connectivity index (χ1) is 10.1. The van der Waals surface area contributed by atoms with Gasteiger partial charge in [0.05, 0.1) is 23.3 Å². The lowest BCUT2D eigenvalue weighted by Gasteiger charge is -2.21. The molecule has 1 aliphatic rings. The third-order valence-corrected chi connectivity index (χ3v) is 5.18. The average Bonchev–Trinajstić information content (AvgIpc) is 2.98. The maximum atomic E-state index is 12.4. The van der Waals surface area contributed by atoms with E-state index < -0.39 is 0 Å². The highest BCUT2D eigenvalue weighted by Gasteiger charge is 2.35. The van der Waals surface area contributed by atoms with Crippen molar-refractivity contribution < 1.29 is 4.79 Å². The Morgan fingerprint density at radius 1 is 1.52 bits per heavy atom. The molecule has 0 saturated heterocycles. The van der Waals surface area contributed by atoms with E-state index in [0.717, 1.165) is 15.7 Å². The van der Waals surface area contributed by atoms with Gasteiger partial charge in [0.15, 0.2) is 0 Å². The molecule has 5 nitrogen and oxygen atoms in total. The van der Waals surface area contributed by atoms with E-state index in [1.807, 2.05) is 17.7 Å². The van der Waals surface area contributed by atoms with Crippen LogP contribution in [0.25, 0.3) is 0 Å². The molecule has 21 heavy (non-hydrogen) atoms. The van der Waals surface area contributed by atoms with Crippen molar-refractivity contribution in [1.29, 1.82) is 0 Å². The van der Waals surface area contributed by atoms with E-state index in [1.54, 1.807) is 40.8 Å². The molecule has 0 radical (unpaired) electrons. The number of thiazole rings is 2. The summed E-state index contributed by atoms with van der Waals surface area (Å²) in [5.41, 5.74) is 0.937. The normalized spacial score (nSPS) is 15.7. The monoisotopic (exact) mass is 322 g/mol. The van der Waals surface area contributed by atoms with Crippen LogP contribution in [-0.2, 0) is 6.54 Å². The van der Waals surface area contributed by atoms with Crippen molar-refractivity contribution in [2.45, 2.75) is 32.4 Å². The molecule has 1 atom stereocenters. The minimum absolute atomic E-state index is 0.0529. The lowest BCUT2D eigenvalue weighted by Crippen LogP contribution is -2.39. The molecule has 1 N–H and O–H groups in total. The summed E-state index contributed by atoms with van der Waals surface area (Å²) in [6, 6.07) is -0.00938. The van der Waals surface area contributed by atoms with Crippen LogP contribution >= 0.6 is 22.7 Å². The van der Waals surface area contributed by atoms with Gasteiger partial charge in [0, 0.05) is 24.0 Å². The van der Waals surface area contributed by atoms with Gasteiger partial charge in [-0.25, -0.2) is 14.8 Å². The highest BCUT2D eigenvalue weighted by Crippen LogP contribution is 2.41. The van der Waals surface area contributed by atoms with Crippen LogP contribution in [0.3, 0.4) is 0 Å². The van der Waals surface area contributed by atoms with E-state index >= 15 is 0 Å². The van der Waals surface area contributed by atoms with Gasteiger partial charge in [-0.3, -0.25) is 0 Å². The average molecular weight is 322 g/mol. The smallest absolute Gasteiger partial charge is 0.318 e. The summed E-state index contributed by atoms with van der Waals surface area (Å²) in [7, 11) is 1.80. The van der Waals surface area contributed by atoms with Crippen LogP contribution in [-0.4, -0.2) is 27.9 Å². The topological polar surface area (TPSA) is 58.1 Å². The Morgan fingerprint density at radius 3 is 2.90 bits per heavy atom. The second kappa shape index (κ2) is 6.11. The van der Waals surface area contributed by atoms with E-state index in [0.29, 0.717) is 12.5 Å². The second-order valence-electron chi connectivity index (χ2n) is 5.35. The Bertz CT molecular complexity index is 606. The SMILES string of the molecule is Cc1nc(CN(C)C(=O)NC(c2nccs2)C2CC2)cs1. The maximum Gasteiger partial charge on any atom is 0.318 e.